The molecule has 0 unspecified atom stereocenters. The van der Waals surface area contributed by atoms with Crippen molar-refractivity contribution >= 4 is 17.3 Å². The van der Waals surface area contributed by atoms with E-state index in [0.717, 1.165) is 17.4 Å². The van der Waals surface area contributed by atoms with Crippen molar-refractivity contribution in [1.82, 2.24) is 0 Å². The number of halogens is 1. The van der Waals surface area contributed by atoms with Gasteiger partial charge in [-0.1, -0.05) is 54.2 Å². The van der Waals surface area contributed by atoms with Gasteiger partial charge in [0.1, 0.15) is 0 Å². The first-order valence-electron chi connectivity index (χ1n) is 7.42. The molecule has 0 saturated heterocycles. The Morgan fingerprint density at radius 2 is 1.36 bits per heavy atom. The molecule has 0 aliphatic carbocycles. The Hall–Kier alpha value is -0.780. The standard InChI is InChI=1S/C19H22NS.HI/c1-20(2,3)14-8-11-15-16-9-4-6-12-18(16)21-19-13-7-5-10-17(15)19;/h4-7,9-13H,8,14H2,1-3H3;1H/q+1;/p-1. The first-order valence-corrected chi connectivity index (χ1v) is 8.23. The summed E-state index contributed by atoms with van der Waals surface area (Å²) in [5.74, 6) is 0. The van der Waals surface area contributed by atoms with Gasteiger partial charge in [0.2, 0.25) is 0 Å². The van der Waals surface area contributed by atoms with Gasteiger partial charge in [-0.15, -0.1) is 0 Å². The van der Waals surface area contributed by atoms with Crippen molar-refractivity contribution in [2.75, 3.05) is 27.7 Å². The van der Waals surface area contributed by atoms with Crippen molar-refractivity contribution in [2.24, 2.45) is 0 Å². The molecule has 0 atom stereocenters. The number of rotatable bonds is 3. The molecular formula is C19H22INS. The van der Waals surface area contributed by atoms with Crippen LogP contribution in [-0.2, 0) is 0 Å². The van der Waals surface area contributed by atoms with Crippen molar-refractivity contribution < 1.29 is 28.5 Å². The monoisotopic (exact) mass is 423 g/mol. The van der Waals surface area contributed by atoms with Gasteiger partial charge in [0.25, 0.3) is 0 Å². The van der Waals surface area contributed by atoms with Crippen LogP contribution in [0.3, 0.4) is 0 Å². The van der Waals surface area contributed by atoms with E-state index in [0.29, 0.717) is 0 Å². The maximum atomic E-state index is 2.42. The van der Waals surface area contributed by atoms with Gasteiger partial charge in [0.05, 0.1) is 27.7 Å². The zero-order chi connectivity index (χ0) is 14.9. The summed E-state index contributed by atoms with van der Waals surface area (Å²) in [7, 11) is 6.74. The summed E-state index contributed by atoms with van der Waals surface area (Å²) in [5.41, 5.74) is 4.15. The fraction of sp³-hybridized carbons (Fsp3) is 0.263. The molecule has 0 radical (unpaired) electrons. The molecule has 3 rings (SSSR count). The van der Waals surface area contributed by atoms with E-state index in [9.17, 15) is 0 Å². The van der Waals surface area contributed by atoms with Crippen molar-refractivity contribution in [3.05, 3.63) is 65.7 Å². The average molecular weight is 423 g/mol. The minimum absolute atomic E-state index is 0. The molecule has 0 amide bonds. The lowest BCUT2D eigenvalue weighted by atomic mass is 9.96. The van der Waals surface area contributed by atoms with Crippen molar-refractivity contribution in [1.29, 1.82) is 0 Å². The smallest absolute Gasteiger partial charge is 0.0815 e. The van der Waals surface area contributed by atoms with E-state index in [1.54, 1.807) is 0 Å². The van der Waals surface area contributed by atoms with Gasteiger partial charge in [0, 0.05) is 16.2 Å². The van der Waals surface area contributed by atoms with Crippen LogP contribution in [0.4, 0.5) is 0 Å². The van der Waals surface area contributed by atoms with Gasteiger partial charge in [-0.25, -0.2) is 0 Å². The molecule has 22 heavy (non-hydrogen) atoms. The summed E-state index contributed by atoms with van der Waals surface area (Å²) in [6, 6.07) is 17.5. The van der Waals surface area contributed by atoms with Gasteiger partial charge in [0.15, 0.2) is 0 Å². The molecule has 0 aromatic heterocycles. The molecule has 0 spiro atoms. The van der Waals surface area contributed by atoms with Crippen molar-refractivity contribution in [3.63, 3.8) is 0 Å². The van der Waals surface area contributed by atoms with E-state index >= 15 is 0 Å². The molecule has 2 aromatic carbocycles. The van der Waals surface area contributed by atoms with E-state index in [1.165, 1.54) is 26.5 Å². The van der Waals surface area contributed by atoms with Gasteiger partial charge >= 0.3 is 0 Å². The van der Waals surface area contributed by atoms with Gasteiger partial charge in [-0.05, 0) is 28.8 Å². The summed E-state index contributed by atoms with van der Waals surface area (Å²) in [6.45, 7) is 1.15. The third-order valence-corrected chi connectivity index (χ3v) is 4.87. The van der Waals surface area contributed by atoms with Crippen LogP contribution in [0.5, 0.6) is 0 Å². The Bertz CT molecular complexity index is 638. The molecular weight excluding hydrogens is 401 g/mol. The Morgan fingerprint density at radius 1 is 0.864 bits per heavy atom. The Labute approximate surface area is 155 Å². The number of benzene rings is 2. The second kappa shape index (κ2) is 7.20. The predicted molar refractivity (Wildman–Crippen MR) is 91.6 cm³/mol. The molecule has 1 heterocycles. The molecule has 1 aliphatic heterocycles. The first-order chi connectivity index (χ1) is 10.0. The van der Waals surface area contributed by atoms with E-state index in [-0.39, 0.29) is 24.0 Å². The molecule has 3 heteroatoms. The Morgan fingerprint density at radius 3 is 1.86 bits per heavy atom. The number of fused-ring (bicyclic) bond motifs is 2. The molecule has 0 bridgehead atoms. The van der Waals surface area contributed by atoms with Crippen LogP contribution in [0.15, 0.2) is 64.4 Å². The van der Waals surface area contributed by atoms with Gasteiger partial charge in [-0.2, -0.15) is 0 Å². The van der Waals surface area contributed by atoms with Crippen molar-refractivity contribution in [2.45, 2.75) is 16.2 Å². The lowest BCUT2D eigenvalue weighted by Gasteiger charge is -2.24. The summed E-state index contributed by atoms with van der Waals surface area (Å²) < 4.78 is 1.00. The maximum Gasteiger partial charge on any atom is 0.0815 e. The van der Waals surface area contributed by atoms with Crippen LogP contribution in [0, 0.1) is 0 Å². The van der Waals surface area contributed by atoms with E-state index in [1.807, 2.05) is 11.8 Å². The second-order valence-corrected chi connectivity index (χ2v) is 7.60. The number of hydrogen-bond acceptors (Lipinski definition) is 1. The van der Waals surface area contributed by atoms with E-state index in [2.05, 4.69) is 75.7 Å². The summed E-state index contributed by atoms with van der Waals surface area (Å²) >= 11 is 1.88. The largest absolute Gasteiger partial charge is 1.00 e. The number of hydrogen-bond donors (Lipinski definition) is 0. The fourth-order valence-corrected chi connectivity index (χ4v) is 3.74. The molecule has 2 aromatic rings. The van der Waals surface area contributed by atoms with Crippen LogP contribution in [0.1, 0.15) is 17.5 Å². The second-order valence-electron chi connectivity index (χ2n) is 6.51. The zero-order valence-corrected chi connectivity index (χ0v) is 16.3. The van der Waals surface area contributed by atoms with Crippen LogP contribution in [-0.4, -0.2) is 32.2 Å². The molecule has 1 aliphatic rings. The molecule has 0 saturated carbocycles. The average Bonchev–Trinajstić information content (AvgIpc) is 2.45. The quantitative estimate of drug-likeness (QED) is 0.457. The zero-order valence-electron chi connectivity index (χ0n) is 13.3. The van der Waals surface area contributed by atoms with Crippen LogP contribution >= 0.6 is 11.8 Å². The number of quaternary nitrogens is 1. The van der Waals surface area contributed by atoms with E-state index < -0.39 is 0 Å². The molecule has 1 nitrogen and oxygen atoms in total. The summed E-state index contributed by atoms with van der Waals surface area (Å²) in [6.07, 6.45) is 3.52. The minimum atomic E-state index is 0. The van der Waals surface area contributed by atoms with Crippen LogP contribution in [0.25, 0.3) is 5.57 Å². The minimum Gasteiger partial charge on any atom is -1.00 e. The third-order valence-electron chi connectivity index (χ3n) is 3.72. The highest BCUT2D eigenvalue weighted by Gasteiger charge is 2.20. The third kappa shape index (κ3) is 3.94. The Kier molecular flexibility index (Phi) is 5.75. The molecule has 0 fully saturated rings. The Balaban J connectivity index is 0.00000176. The lowest BCUT2D eigenvalue weighted by molar-refractivity contribution is -0.869. The first kappa shape index (κ1) is 17.6. The highest BCUT2D eigenvalue weighted by atomic mass is 127. The normalized spacial score (nSPS) is 13.0. The summed E-state index contributed by atoms with van der Waals surface area (Å²) in [5, 5.41) is 0. The molecule has 0 N–H and O–H groups in total. The van der Waals surface area contributed by atoms with Crippen LogP contribution in [0.2, 0.25) is 0 Å². The summed E-state index contributed by atoms with van der Waals surface area (Å²) in [4.78, 5) is 2.74. The van der Waals surface area contributed by atoms with Gasteiger partial charge < -0.3 is 28.5 Å². The lowest BCUT2D eigenvalue weighted by Crippen LogP contribution is -3.00. The number of nitrogens with zero attached hydrogens (tertiary/aromatic N) is 1. The van der Waals surface area contributed by atoms with Crippen LogP contribution < -0.4 is 24.0 Å². The van der Waals surface area contributed by atoms with E-state index in [4.69, 9.17) is 0 Å². The highest BCUT2D eigenvalue weighted by molar-refractivity contribution is 7.99. The fourth-order valence-electron chi connectivity index (χ4n) is 2.64. The maximum absolute atomic E-state index is 2.42. The SMILES string of the molecule is C[N+](C)(C)CCC=C1c2ccccc2Sc2ccccc21.[I-]. The topological polar surface area (TPSA) is 0 Å². The highest BCUT2D eigenvalue weighted by Crippen LogP contribution is 2.45. The molecule has 116 valence electrons. The van der Waals surface area contributed by atoms with Crippen molar-refractivity contribution in [3.8, 4) is 0 Å². The predicted octanol–water partition coefficient (Wildman–Crippen LogP) is 1.68. The van der Waals surface area contributed by atoms with Gasteiger partial charge in [-0.3, -0.25) is 0 Å².